The molecule has 7 nitrogen and oxygen atoms in total. The van der Waals surface area contributed by atoms with Crippen molar-refractivity contribution in [3.63, 3.8) is 0 Å². The summed E-state index contributed by atoms with van der Waals surface area (Å²) in [5.74, 6) is 1.02. The fourth-order valence-corrected chi connectivity index (χ4v) is 4.66. The largest absolute Gasteiger partial charge is 0.339 e. The molecular formula is C16H17ClN6OS2. The molecule has 4 heterocycles. The number of amides is 1. The van der Waals surface area contributed by atoms with Crippen LogP contribution in [0.5, 0.6) is 0 Å². The van der Waals surface area contributed by atoms with Crippen LogP contribution in [0.15, 0.2) is 35.7 Å². The summed E-state index contributed by atoms with van der Waals surface area (Å²) >= 11 is 8.95. The van der Waals surface area contributed by atoms with Gasteiger partial charge >= 0.3 is 0 Å². The maximum Gasteiger partial charge on any atom is 0.253 e. The number of nitrogens with zero attached hydrogens (tertiary/aromatic N) is 6. The molecule has 26 heavy (non-hydrogen) atoms. The van der Waals surface area contributed by atoms with Crippen LogP contribution in [0.1, 0.15) is 4.88 Å². The molecule has 0 aliphatic carbocycles. The zero-order valence-electron chi connectivity index (χ0n) is 13.9. The monoisotopic (exact) mass is 408 g/mol. The third kappa shape index (κ3) is 4.17. The fraction of sp³-hybridized carbons (Fsp3) is 0.375. The van der Waals surface area contributed by atoms with Gasteiger partial charge in [-0.25, -0.2) is 9.50 Å². The van der Waals surface area contributed by atoms with Gasteiger partial charge in [0.15, 0.2) is 0 Å². The van der Waals surface area contributed by atoms with Crippen LogP contribution < -0.4 is 0 Å². The Morgan fingerprint density at radius 3 is 2.85 bits per heavy atom. The molecule has 0 N–H and O–H groups in total. The smallest absolute Gasteiger partial charge is 0.253 e. The second kappa shape index (κ2) is 7.91. The standard InChI is InChI=1S/C16H17ClN6OS2/c17-13-3-2-12(26-13)10-21-6-8-22(9-7-21)14(24)11-25-16-19-15-18-4-1-5-23(15)20-16/h1-5H,6-11H2. The number of thioether (sulfide) groups is 1. The van der Waals surface area contributed by atoms with Crippen molar-refractivity contribution in [1.82, 2.24) is 29.4 Å². The number of aromatic nitrogens is 4. The van der Waals surface area contributed by atoms with Crippen LogP contribution in [-0.4, -0.2) is 67.2 Å². The highest BCUT2D eigenvalue weighted by molar-refractivity contribution is 7.99. The maximum atomic E-state index is 12.4. The van der Waals surface area contributed by atoms with E-state index in [1.165, 1.54) is 16.6 Å². The third-order valence-corrected chi connectivity index (χ3v) is 6.19. The normalized spacial score (nSPS) is 15.7. The Kier molecular flexibility index (Phi) is 5.39. The highest BCUT2D eigenvalue weighted by atomic mass is 35.5. The molecule has 4 rings (SSSR count). The lowest BCUT2D eigenvalue weighted by atomic mass is 10.3. The van der Waals surface area contributed by atoms with Gasteiger partial charge in [-0.1, -0.05) is 23.4 Å². The number of carbonyl (C=O) groups excluding carboxylic acids is 1. The van der Waals surface area contributed by atoms with Gasteiger partial charge in [0.1, 0.15) is 0 Å². The van der Waals surface area contributed by atoms with Gasteiger partial charge < -0.3 is 4.90 Å². The number of thiophene rings is 1. The van der Waals surface area contributed by atoms with E-state index in [2.05, 4.69) is 26.0 Å². The number of rotatable bonds is 5. The predicted molar refractivity (Wildman–Crippen MR) is 103 cm³/mol. The van der Waals surface area contributed by atoms with E-state index in [-0.39, 0.29) is 5.91 Å². The van der Waals surface area contributed by atoms with E-state index in [0.717, 1.165) is 37.1 Å². The van der Waals surface area contributed by atoms with Gasteiger partial charge in [-0.2, -0.15) is 4.98 Å². The summed E-state index contributed by atoms with van der Waals surface area (Å²) in [4.78, 5) is 26.4. The van der Waals surface area contributed by atoms with Crippen molar-refractivity contribution in [3.8, 4) is 0 Å². The summed E-state index contributed by atoms with van der Waals surface area (Å²) in [6.45, 7) is 4.15. The summed E-state index contributed by atoms with van der Waals surface area (Å²) in [6.07, 6.45) is 3.47. The first kappa shape index (κ1) is 17.7. The molecule has 10 heteroatoms. The van der Waals surface area contributed by atoms with E-state index in [0.29, 0.717) is 16.7 Å². The predicted octanol–water partition coefficient (Wildman–Crippen LogP) is 2.28. The lowest BCUT2D eigenvalue weighted by molar-refractivity contribution is -0.130. The molecule has 3 aromatic heterocycles. The van der Waals surface area contributed by atoms with Gasteiger partial charge in [-0.15, -0.1) is 16.4 Å². The Labute approximate surface area is 164 Å². The average molecular weight is 409 g/mol. The molecule has 3 aromatic rings. The van der Waals surface area contributed by atoms with Crippen LogP contribution >= 0.6 is 34.7 Å². The van der Waals surface area contributed by atoms with E-state index >= 15 is 0 Å². The minimum absolute atomic E-state index is 0.126. The maximum absolute atomic E-state index is 12.4. The molecule has 0 bridgehead atoms. The van der Waals surface area contributed by atoms with Crippen molar-refractivity contribution < 1.29 is 4.79 Å². The van der Waals surface area contributed by atoms with Crippen molar-refractivity contribution in [3.05, 3.63) is 39.8 Å². The molecule has 1 saturated heterocycles. The molecule has 0 saturated carbocycles. The summed E-state index contributed by atoms with van der Waals surface area (Å²) in [5, 5.41) is 4.88. The molecule has 0 aromatic carbocycles. The van der Waals surface area contributed by atoms with Gasteiger partial charge in [-0.3, -0.25) is 9.69 Å². The van der Waals surface area contributed by atoms with Crippen molar-refractivity contribution in [2.45, 2.75) is 11.7 Å². The summed E-state index contributed by atoms with van der Waals surface area (Å²) in [7, 11) is 0. The number of hydrogen-bond acceptors (Lipinski definition) is 7. The Hall–Kier alpha value is -1.68. The molecule has 1 fully saturated rings. The third-order valence-electron chi connectivity index (χ3n) is 4.16. The second-order valence-electron chi connectivity index (χ2n) is 5.91. The summed E-state index contributed by atoms with van der Waals surface area (Å²) in [6, 6.07) is 5.80. The molecule has 1 aliphatic rings. The van der Waals surface area contributed by atoms with E-state index in [1.807, 2.05) is 11.0 Å². The van der Waals surface area contributed by atoms with Gasteiger partial charge in [0, 0.05) is 50.0 Å². The molecule has 0 radical (unpaired) electrons. The number of halogens is 1. The molecule has 0 atom stereocenters. The number of fused-ring (bicyclic) bond motifs is 1. The van der Waals surface area contributed by atoms with E-state index in [1.54, 1.807) is 34.3 Å². The molecule has 0 spiro atoms. The number of hydrogen-bond donors (Lipinski definition) is 0. The molecule has 1 aliphatic heterocycles. The highest BCUT2D eigenvalue weighted by Crippen LogP contribution is 2.23. The first-order chi connectivity index (χ1) is 12.7. The van der Waals surface area contributed by atoms with Crippen molar-refractivity contribution >= 4 is 46.4 Å². The average Bonchev–Trinajstić information content (AvgIpc) is 3.25. The lowest BCUT2D eigenvalue weighted by Gasteiger charge is -2.34. The van der Waals surface area contributed by atoms with Gasteiger partial charge in [0.2, 0.25) is 11.1 Å². The Bertz CT molecular complexity index is 872. The van der Waals surface area contributed by atoms with E-state index < -0.39 is 0 Å². The van der Waals surface area contributed by atoms with Gasteiger partial charge in [-0.05, 0) is 18.2 Å². The molecule has 136 valence electrons. The second-order valence-corrected chi connectivity index (χ2v) is 8.65. The Balaban J connectivity index is 1.25. The minimum Gasteiger partial charge on any atom is -0.339 e. The van der Waals surface area contributed by atoms with Crippen LogP contribution in [0.2, 0.25) is 4.34 Å². The molecule has 1 amide bonds. The topological polar surface area (TPSA) is 66.6 Å². The quantitative estimate of drug-likeness (QED) is 0.603. The first-order valence-electron chi connectivity index (χ1n) is 8.22. The number of carbonyl (C=O) groups is 1. The summed E-state index contributed by atoms with van der Waals surface area (Å²) < 4.78 is 2.43. The Morgan fingerprint density at radius 2 is 2.12 bits per heavy atom. The van der Waals surface area contributed by atoms with E-state index in [4.69, 9.17) is 11.6 Å². The van der Waals surface area contributed by atoms with Crippen molar-refractivity contribution in [2.75, 3.05) is 31.9 Å². The fourth-order valence-electron chi connectivity index (χ4n) is 2.80. The minimum atomic E-state index is 0.126. The lowest BCUT2D eigenvalue weighted by Crippen LogP contribution is -2.48. The Morgan fingerprint density at radius 1 is 1.27 bits per heavy atom. The SMILES string of the molecule is O=C(CSc1nc2ncccn2n1)N1CCN(Cc2ccc(Cl)s2)CC1. The van der Waals surface area contributed by atoms with Gasteiger partial charge in [0.05, 0.1) is 10.1 Å². The van der Waals surface area contributed by atoms with Crippen LogP contribution in [0.4, 0.5) is 0 Å². The van der Waals surface area contributed by atoms with Crippen LogP contribution in [0.25, 0.3) is 5.78 Å². The zero-order valence-corrected chi connectivity index (χ0v) is 16.3. The number of piperazine rings is 1. The molecule has 0 unspecified atom stereocenters. The molecular weight excluding hydrogens is 392 g/mol. The zero-order chi connectivity index (χ0) is 17.9. The highest BCUT2D eigenvalue weighted by Gasteiger charge is 2.22. The van der Waals surface area contributed by atoms with Crippen LogP contribution in [0, 0.1) is 0 Å². The van der Waals surface area contributed by atoms with Crippen LogP contribution in [0.3, 0.4) is 0 Å². The van der Waals surface area contributed by atoms with Crippen molar-refractivity contribution in [1.29, 1.82) is 0 Å². The first-order valence-corrected chi connectivity index (χ1v) is 10.4. The van der Waals surface area contributed by atoms with Crippen LogP contribution in [-0.2, 0) is 11.3 Å². The summed E-state index contributed by atoms with van der Waals surface area (Å²) in [5.41, 5.74) is 0. The van der Waals surface area contributed by atoms with E-state index in [9.17, 15) is 4.79 Å². The van der Waals surface area contributed by atoms with Gasteiger partial charge in [0.25, 0.3) is 5.78 Å². The van der Waals surface area contributed by atoms with Crippen molar-refractivity contribution in [2.24, 2.45) is 0 Å².